The minimum atomic E-state index is -0.0427. The quantitative estimate of drug-likeness (QED) is 0.0483. The molecular formula is C109H124N22O12. The van der Waals surface area contributed by atoms with E-state index in [1.165, 1.54) is 22.3 Å². The number of nitrogens with zero attached hydrogens (tertiary/aromatic N) is 20. The molecule has 4 aromatic heterocycles. The molecule has 742 valence electrons. The average molecular weight is 1930 g/mol. The van der Waals surface area contributed by atoms with Crippen molar-refractivity contribution in [3.05, 3.63) is 212 Å². The van der Waals surface area contributed by atoms with E-state index in [1.807, 2.05) is 145 Å². The third-order valence-electron chi connectivity index (χ3n) is 26.6. The van der Waals surface area contributed by atoms with Crippen LogP contribution in [0.1, 0.15) is 192 Å². The third-order valence-corrected chi connectivity index (χ3v) is 26.6. The number of benzene rings is 8. The van der Waals surface area contributed by atoms with Crippen molar-refractivity contribution in [3.8, 4) is 139 Å². The largest absolute Gasteiger partial charge is 0.490 e. The van der Waals surface area contributed by atoms with Crippen LogP contribution in [-0.2, 0) is 35.3 Å². The van der Waals surface area contributed by atoms with Crippen LogP contribution in [0.2, 0.25) is 0 Å². The summed E-state index contributed by atoms with van der Waals surface area (Å²) in [5, 5.41) is 61.6. The Labute approximate surface area is 834 Å². The standard InChI is InChI=1S/2C28H32N6O3.C27H31N5O3.C26H29N5O3/c2*1-17(2)36-25-11-8-18(14-19(25)15-29)27-31-26(32-37-27)23-7-5-6-22-21(23)9-10-24(22)30-28(35)34-13-12-20(16-34)33(3)4;1-6-32(16-25(33)31(4)5)23-12-11-20-21(23)8-7-9-22(20)26-29-27(35-30-26)18-10-13-24(34-17(2)3)19(14-18)15-28;1-16(2)33-23-12-9-17(13-18(23)14-27)26-28-25(29-34-26)21-8-6-7-20-19(21)10-11-22(20)31(5)15-24(32)30(3)4/h2*5-8,11,14,17,20,24H,9-10,12-13,16H2,1-4H3,(H,30,35);7-10,13-14,17,23H,6,11-12,16H2,1-5H3;6-9,12-13,16,22H,10-11,15H2,1-5H3/t20-,24+;20-,24-;23-;22-/m0111/s1. The molecule has 2 aliphatic heterocycles. The molecular weight excluding hydrogens is 1810 g/mol. The van der Waals surface area contributed by atoms with Gasteiger partial charge in [0, 0.05) is 123 Å². The smallest absolute Gasteiger partial charge is 0.317 e. The summed E-state index contributed by atoms with van der Waals surface area (Å²) in [6.07, 6.45) is 8.78. The van der Waals surface area contributed by atoms with Crippen LogP contribution in [-0.4, -0.2) is 249 Å². The average Bonchev–Trinajstić information content (AvgIpc) is 1.64. The fraction of sp³-hybridized carbons (Fsp3) is 0.413. The first kappa shape index (κ1) is 102. The molecule has 6 atom stereocenters. The maximum atomic E-state index is 13.0. The molecule has 2 saturated heterocycles. The van der Waals surface area contributed by atoms with Crippen molar-refractivity contribution in [1.29, 1.82) is 21.0 Å². The van der Waals surface area contributed by atoms with Crippen molar-refractivity contribution >= 4 is 23.9 Å². The lowest BCUT2D eigenvalue weighted by Gasteiger charge is -2.28. The van der Waals surface area contributed by atoms with Crippen LogP contribution in [0.25, 0.3) is 91.4 Å². The lowest BCUT2D eigenvalue weighted by molar-refractivity contribution is -0.131. The summed E-state index contributed by atoms with van der Waals surface area (Å²) in [7, 11) is 17.3. The topological polar surface area (TPSA) is 406 Å². The lowest BCUT2D eigenvalue weighted by atomic mass is 10.0. The van der Waals surface area contributed by atoms with E-state index in [1.54, 1.807) is 86.5 Å². The fourth-order valence-corrected chi connectivity index (χ4v) is 19.2. The molecule has 18 rings (SSSR count). The normalized spacial score (nSPS) is 16.9. The summed E-state index contributed by atoms with van der Waals surface area (Å²) in [5.41, 5.74) is 17.2. The number of likely N-dealkylation sites (N-methyl/N-ethyl adjacent to an activating group) is 6. The maximum absolute atomic E-state index is 13.0. The van der Waals surface area contributed by atoms with Gasteiger partial charge in [0.15, 0.2) is 0 Å². The molecule has 6 aliphatic rings. The highest BCUT2D eigenvalue weighted by Crippen LogP contribution is 2.46. The van der Waals surface area contributed by atoms with Gasteiger partial charge in [0.2, 0.25) is 35.1 Å². The highest BCUT2D eigenvalue weighted by molar-refractivity contribution is 5.80. The number of hydrogen-bond acceptors (Lipinski definition) is 28. The predicted molar refractivity (Wildman–Crippen MR) is 539 cm³/mol. The van der Waals surface area contributed by atoms with Crippen LogP contribution < -0.4 is 29.6 Å². The van der Waals surface area contributed by atoms with Crippen molar-refractivity contribution in [1.82, 2.24) is 90.4 Å². The number of carbonyl (C=O) groups excluding carboxylic acids is 4. The number of likely N-dealkylation sites (tertiary alicyclic amines) is 2. The second-order valence-corrected chi connectivity index (χ2v) is 38.6. The number of amides is 6. The van der Waals surface area contributed by atoms with Crippen LogP contribution in [0.3, 0.4) is 0 Å². The molecule has 34 heteroatoms. The predicted octanol–water partition coefficient (Wildman–Crippen LogP) is 17.3. The van der Waals surface area contributed by atoms with E-state index < -0.39 is 0 Å². The van der Waals surface area contributed by atoms with Gasteiger partial charge in [-0.25, -0.2) is 9.59 Å². The first-order valence-corrected chi connectivity index (χ1v) is 48.7. The molecule has 0 radical (unpaired) electrons. The second kappa shape index (κ2) is 45.6. The van der Waals surface area contributed by atoms with E-state index in [9.17, 15) is 40.2 Å². The number of fused-ring (bicyclic) bond motifs is 4. The summed E-state index contributed by atoms with van der Waals surface area (Å²) >= 11 is 0. The summed E-state index contributed by atoms with van der Waals surface area (Å²) in [6.45, 7) is 22.0. The van der Waals surface area contributed by atoms with Crippen molar-refractivity contribution in [2.45, 2.75) is 187 Å². The van der Waals surface area contributed by atoms with Gasteiger partial charge in [0.1, 0.15) is 47.3 Å². The van der Waals surface area contributed by atoms with Crippen molar-refractivity contribution in [3.63, 3.8) is 0 Å². The van der Waals surface area contributed by atoms with E-state index in [0.29, 0.717) is 140 Å². The van der Waals surface area contributed by atoms with Gasteiger partial charge in [-0.05, 0) is 279 Å². The molecule has 4 aliphatic carbocycles. The maximum Gasteiger partial charge on any atom is 0.317 e. The van der Waals surface area contributed by atoms with Gasteiger partial charge < -0.3 is 77.1 Å². The SMILES string of the molecule is CC(C)Oc1ccc(-c2nc(-c3cccc4c3CC[C@H]4N(C)CC(=O)N(C)C)no2)cc1C#N.CC(C)Oc1ccc(-c2nc(-c3cccc4c3CC[C@H]4NC(=O)N3CC[C@@H](N(C)C)C3)no2)cc1C#N.CC(C)Oc1ccc(-c2nc(-c3cccc4c3CC[C@H]4NC(=O)N3CC[C@H](N(C)C)C3)no2)cc1C#N.CCN(CC(=O)N(C)C)[C@@H]1CCc2c(-c3noc(-c4ccc(OC(C)C)c(C#N)c4)n3)cccc21. The van der Waals surface area contributed by atoms with E-state index in [4.69, 9.17) is 37.0 Å². The van der Waals surface area contributed by atoms with Crippen molar-refractivity contribution in [2.75, 3.05) is 109 Å². The van der Waals surface area contributed by atoms with E-state index >= 15 is 0 Å². The molecule has 2 fully saturated rings. The monoisotopic (exact) mass is 1930 g/mol. The summed E-state index contributed by atoms with van der Waals surface area (Å²) in [5.74, 6) is 5.71. The van der Waals surface area contributed by atoms with E-state index in [2.05, 4.69) is 154 Å². The number of aromatic nitrogens is 8. The molecule has 6 amide bonds. The van der Waals surface area contributed by atoms with Gasteiger partial charge in [-0.15, -0.1) is 0 Å². The number of rotatable bonds is 27. The highest BCUT2D eigenvalue weighted by atomic mass is 16.5. The minimum Gasteiger partial charge on any atom is -0.490 e. The number of hydrogen-bond donors (Lipinski definition) is 2. The molecule has 6 heterocycles. The van der Waals surface area contributed by atoms with Gasteiger partial charge in [-0.2, -0.15) is 41.0 Å². The third kappa shape index (κ3) is 23.7. The van der Waals surface area contributed by atoms with Crippen LogP contribution in [0, 0.1) is 45.3 Å². The Kier molecular flexibility index (Phi) is 32.6. The van der Waals surface area contributed by atoms with Gasteiger partial charge >= 0.3 is 12.1 Å². The van der Waals surface area contributed by atoms with Crippen molar-refractivity contribution in [2.24, 2.45) is 0 Å². The Bertz CT molecular complexity index is 6580. The number of ether oxygens (including phenoxy) is 4. The first-order valence-electron chi connectivity index (χ1n) is 48.7. The summed E-state index contributed by atoms with van der Waals surface area (Å²) in [4.78, 5) is 84.8. The molecule has 2 N–H and O–H groups in total. The molecule has 143 heavy (non-hydrogen) atoms. The molecule has 12 aromatic rings. The summed E-state index contributed by atoms with van der Waals surface area (Å²) in [6, 6.07) is 55.2. The lowest BCUT2D eigenvalue weighted by Crippen LogP contribution is -2.41. The molecule has 0 bridgehead atoms. The van der Waals surface area contributed by atoms with Crippen LogP contribution in [0.4, 0.5) is 9.59 Å². The number of carbonyl (C=O) groups is 4. The number of nitriles is 4. The molecule has 0 unspecified atom stereocenters. The zero-order chi connectivity index (χ0) is 102. The van der Waals surface area contributed by atoms with Gasteiger partial charge in [0.25, 0.3) is 23.6 Å². The molecule has 0 spiro atoms. The number of urea groups is 2. The first-order chi connectivity index (χ1) is 68.8. The second-order valence-electron chi connectivity index (χ2n) is 38.6. The van der Waals surface area contributed by atoms with E-state index in [-0.39, 0.29) is 72.5 Å². The molecule has 34 nitrogen and oxygen atoms in total. The fourth-order valence-electron chi connectivity index (χ4n) is 19.2. The van der Waals surface area contributed by atoms with Crippen LogP contribution in [0.5, 0.6) is 23.0 Å². The van der Waals surface area contributed by atoms with Crippen molar-refractivity contribution < 1.29 is 56.2 Å². The van der Waals surface area contributed by atoms with Crippen LogP contribution in [0.15, 0.2) is 164 Å². The Morgan fingerprint density at radius 1 is 0.392 bits per heavy atom. The zero-order valence-electron chi connectivity index (χ0n) is 84.5. The molecule has 8 aromatic carbocycles. The van der Waals surface area contributed by atoms with E-state index in [0.717, 1.165) is 141 Å². The Hall–Kier alpha value is -15.2. The highest BCUT2D eigenvalue weighted by Gasteiger charge is 2.38. The van der Waals surface area contributed by atoms with Crippen LogP contribution >= 0.6 is 0 Å². The zero-order valence-corrected chi connectivity index (χ0v) is 84.5. The number of nitrogens with one attached hydrogen (secondary N) is 2. The Balaban J connectivity index is 0.000000144. The minimum absolute atomic E-state index is 0.00681. The molecule has 0 saturated carbocycles. The van der Waals surface area contributed by atoms with Gasteiger partial charge in [0.05, 0.1) is 71.8 Å². The summed E-state index contributed by atoms with van der Waals surface area (Å²) < 4.78 is 45.2. The Morgan fingerprint density at radius 2 is 0.685 bits per heavy atom. The van der Waals surface area contributed by atoms with Gasteiger partial charge in [-0.1, -0.05) is 100 Å². The Morgan fingerprint density at radius 3 is 0.979 bits per heavy atom. The van der Waals surface area contributed by atoms with Gasteiger partial charge in [-0.3, -0.25) is 19.4 Å².